The number of urea groups is 1. The summed E-state index contributed by atoms with van der Waals surface area (Å²) in [6.07, 6.45) is 1.70. The third kappa shape index (κ3) is 3.90. The maximum atomic E-state index is 12.3. The quantitative estimate of drug-likeness (QED) is 0.765. The van der Waals surface area contributed by atoms with Gasteiger partial charge in [0, 0.05) is 25.8 Å². The molecule has 1 aromatic carbocycles. The monoisotopic (exact) mass is 353 g/mol. The molecule has 0 atom stereocenters. The Hall–Kier alpha value is -3.16. The van der Waals surface area contributed by atoms with E-state index < -0.39 is 0 Å². The van der Waals surface area contributed by atoms with Crippen LogP contribution in [-0.4, -0.2) is 42.8 Å². The Morgan fingerprint density at radius 2 is 2.08 bits per heavy atom. The molecule has 0 spiro atoms. The maximum Gasteiger partial charge on any atom is 0.323 e. The molecular formula is C18H23N7O. The fourth-order valence-electron chi connectivity index (χ4n) is 2.74. The number of hydrogen-bond acceptors (Lipinski definition) is 4. The van der Waals surface area contributed by atoms with Crippen LogP contribution >= 0.6 is 0 Å². The van der Waals surface area contributed by atoms with Gasteiger partial charge in [0.2, 0.25) is 0 Å². The minimum Gasteiger partial charge on any atom is -0.323 e. The van der Waals surface area contributed by atoms with Gasteiger partial charge in [-0.3, -0.25) is 10.00 Å². The lowest BCUT2D eigenvalue weighted by molar-refractivity contribution is 0.220. The van der Waals surface area contributed by atoms with Gasteiger partial charge in [0.25, 0.3) is 0 Å². The minimum absolute atomic E-state index is 0.232. The Kier molecular flexibility index (Phi) is 5.01. The standard InChI is InChI=1S/C18H23N7O/c1-5-24-12-17(20-22-24)19-18(26)23(4)11-15-7-6-8-16(10-15)25-14(3)9-13(2)21-25/h6-10,12H,5,11H2,1-4H3,(H,19,26). The molecule has 0 aliphatic rings. The predicted octanol–water partition coefficient (Wildman–Crippen LogP) is 2.76. The number of benzene rings is 1. The van der Waals surface area contributed by atoms with E-state index in [1.54, 1.807) is 22.8 Å². The second-order valence-corrected chi connectivity index (χ2v) is 6.25. The molecule has 0 aliphatic heterocycles. The zero-order valence-corrected chi connectivity index (χ0v) is 15.5. The number of anilines is 1. The van der Waals surface area contributed by atoms with Gasteiger partial charge in [-0.25, -0.2) is 9.48 Å². The van der Waals surface area contributed by atoms with Gasteiger partial charge in [0.15, 0.2) is 5.82 Å². The average molecular weight is 353 g/mol. The molecule has 1 N–H and O–H groups in total. The summed E-state index contributed by atoms with van der Waals surface area (Å²) >= 11 is 0. The van der Waals surface area contributed by atoms with Crippen LogP contribution in [0, 0.1) is 13.8 Å². The van der Waals surface area contributed by atoms with Crippen LogP contribution in [0.15, 0.2) is 36.5 Å². The topological polar surface area (TPSA) is 80.9 Å². The smallest absolute Gasteiger partial charge is 0.323 e. The molecule has 136 valence electrons. The predicted molar refractivity (Wildman–Crippen MR) is 99.2 cm³/mol. The Morgan fingerprint density at radius 3 is 2.73 bits per heavy atom. The van der Waals surface area contributed by atoms with Crippen molar-refractivity contribution in [2.24, 2.45) is 0 Å². The van der Waals surface area contributed by atoms with Crippen LogP contribution in [0.25, 0.3) is 5.69 Å². The molecule has 0 aliphatic carbocycles. The lowest BCUT2D eigenvalue weighted by Gasteiger charge is -2.17. The minimum atomic E-state index is -0.232. The van der Waals surface area contributed by atoms with E-state index in [0.29, 0.717) is 18.9 Å². The summed E-state index contributed by atoms with van der Waals surface area (Å²) in [6, 6.07) is 9.81. The highest BCUT2D eigenvalue weighted by atomic mass is 16.2. The molecule has 26 heavy (non-hydrogen) atoms. The summed E-state index contributed by atoms with van der Waals surface area (Å²) in [7, 11) is 1.75. The van der Waals surface area contributed by atoms with Gasteiger partial charge in [-0.1, -0.05) is 17.3 Å². The number of carbonyl (C=O) groups is 1. The van der Waals surface area contributed by atoms with E-state index in [4.69, 9.17) is 0 Å². The largest absolute Gasteiger partial charge is 0.323 e. The van der Waals surface area contributed by atoms with E-state index in [1.807, 2.05) is 55.8 Å². The number of amides is 2. The van der Waals surface area contributed by atoms with Crippen molar-refractivity contribution in [1.82, 2.24) is 29.7 Å². The van der Waals surface area contributed by atoms with Crippen LogP contribution in [0.3, 0.4) is 0 Å². The number of aryl methyl sites for hydroxylation is 3. The van der Waals surface area contributed by atoms with E-state index in [-0.39, 0.29) is 6.03 Å². The van der Waals surface area contributed by atoms with Crippen LogP contribution < -0.4 is 5.32 Å². The van der Waals surface area contributed by atoms with Crippen molar-refractivity contribution in [3.8, 4) is 5.69 Å². The van der Waals surface area contributed by atoms with Crippen LogP contribution in [0.2, 0.25) is 0 Å². The van der Waals surface area contributed by atoms with Crippen molar-refractivity contribution in [2.45, 2.75) is 33.9 Å². The van der Waals surface area contributed by atoms with Crippen molar-refractivity contribution in [3.63, 3.8) is 0 Å². The molecule has 0 unspecified atom stereocenters. The van der Waals surface area contributed by atoms with Gasteiger partial charge in [-0.2, -0.15) is 5.10 Å². The van der Waals surface area contributed by atoms with Crippen molar-refractivity contribution in [3.05, 3.63) is 53.5 Å². The Labute approximate surface area is 152 Å². The second-order valence-electron chi connectivity index (χ2n) is 6.25. The number of aromatic nitrogens is 5. The van der Waals surface area contributed by atoms with Crippen molar-refractivity contribution in [1.29, 1.82) is 0 Å². The van der Waals surface area contributed by atoms with Gasteiger partial charge in [-0.15, -0.1) is 5.10 Å². The molecule has 3 aromatic rings. The Balaban J connectivity index is 1.69. The lowest BCUT2D eigenvalue weighted by atomic mass is 10.2. The van der Waals surface area contributed by atoms with Crippen LogP contribution in [0.4, 0.5) is 10.6 Å². The highest BCUT2D eigenvalue weighted by molar-refractivity contribution is 5.87. The number of rotatable bonds is 5. The fourth-order valence-corrected chi connectivity index (χ4v) is 2.74. The molecule has 0 saturated heterocycles. The summed E-state index contributed by atoms with van der Waals surface area (Å²) in [6.45, 7) is 7.14. The third-order valence-electron chi connectivity index (χ3n) is 4.03. The van der Waals surface area contributed by atoms with Crippen LogP contribution in [-0.2, 0) is 13.1 Å². The van der Waals surface area contributed by atoms with E-state index in [0.717, 1.165) is 22.6 Å². The Morgan fingerprint density at radius 1 is 1.27 bits per heavy atom. The van der Waals surface area contributed by atoms with Gasteiger partial charge in [-0.05, 0) is 44.5 Å². The normalized spacial score (nSPS) is 10.8. The lowest BCUT2D eigenvalue weighted by Crippen LogP contribution is -2.31. The molecule has 0 radical (unpaired) electrons. The summed E-state index contributed by atoms with van der Waals surface area (Å²) in [5.74, 6) is 0.445. The first-order valence-electron chi connectivity index (χ1n) is 8.51. The average Bonchev–Trinajstić information content (AvgIpc) is 3.20. The second kappa shape index (κ2) is 7.38. The van der Waals surface area contributed by atoms with E-state index in [9.17, 15) is 4.79 Å². The third-order valence-corrected chi connectivity index (χ3v) is 4.03. The van der Waals surface area contributed by atoms with Crippen molar-refractivity contribution >= 4 is 11.8 Å². The van der Waals surface area contributed by atoms with Crippen molar-refractivity contribution in [2.75, 3.05) is 12.4 Å². The first-order valence-corrected chi connectivity index (χ1v) is 8.51. The zero-order chi connectivity index (χ0) is 18.7. The summed E-state index contributed by atoms with van der Waals surface area (Å²) < 4.78 is 3.56. The van der Waals surface area contributed by atoms with E-state index >= 15 is 0 Å². The first kappa shape index (κ1) is 17.7. The highest BCUT2D eigenvalue weighted by Crippen LogP contribution is 2.15. The van der Waals surface area contributed by atoms with Gasteiger partial charge < -0.3 is 4.90 Å². The molecule has 0 saturated carbocycles. The highest BCUT2D eigenvalue weighted by Gasteiger charge is 2.12. The van der Waals surface area contributed by atoms with Crippen LogP contribution in [0.1, 0.15) is 23.9 Å². The molecule has 2 aromatic heterocycles. The number of nitrogens with zero attached hydrogens (tertiary/aromatic N) is 6. The van der Waals surface area contributed by atoms with Crippen LogP contribution in [0.5, 0.6) is 0 Å². The summed E-state index contributed by atoms with van der Waals surface area (Å²) in [5.41, 5.74) is 4.05. The molecular weight excluding hydrogens is 330 g/mol. The van der Waals surface area contributed by atoms with Crippen molar-refractivity contribution < 1.29 is 4.79 Å². The Bertz CT molecular complexity index is 912. The van der Waals surface area contributed by atoms with E-state index in [1.165, 1.54) is 0 Å². The van der Waals surface area contributed by atoms with E-state index in [2.05, 4.69) is 20.7 Å². The summed E-state index contributed by atoms with van der Waals surface area (Å²) in [5, 5.41) is 15.1. The van der Waals surface area contributed by atoms with Gasteiger partial charge >= 0.3 is 6.03 Å². The fraction of sp³-hybridized carbons (Fsp3) is 0.333. The number of hydrogen-bond donors (Lipinski definition) is 1. The molecule has 2 heterocycles. The summed E-state index contributed by atoms with van der Waals surface area (Å²) in [4.78, 5) is 13.9. The number of nitrogens with one attached hydrogen (secondary N) is 1. The SMILES string of the molecule is CCn1cc(NC(=O)N(C)Cc2cccc(-n3nc(C)cc3C)c2)nn1. The van der Waals surface area contributed by atoms with Gasteiger partial charge in [0.1, 0.15) is 0 Å². The molecule has 2 amide bonds. The zero-order valence-electron chi connectivity index (χ0n) is 15.5. The molecule has 8 heteroatoms. The molecule has 0 bridgehead atoms. The first-order chi connectivity index (χ1) is 12.5. The number of carbonyl (C=O) groups excluding carboxylic acids is 1. The van der Waals surface area contributed by atoms with Gasteiger partial charge in [0.05, 0.1) is 17.6 Å². The molecule has 3 rings (SSSR count). The maximum absolute atomic E-state index is 12.3. The molecule has 8 nitrogen and oxygen atoms in total. The molecule has 0 fully saturated rings.